The quantitative estimate of drug-likeness (QED) is 0.710. The third-order valence-corrected chi connectivity index (χ3v) is 2.97. The minimum absolute atomic E-state index is 0.163. The highest BCUT2D eigenvalue weighted by atomic mass is 16.3. The molecule has 0 radical (unpaired) electrons. The third kappa shape index (κ3) is 1.61. The van der Waals surface area contributed by atoms with Gasteiger partial charge in [0.05, 0.1) is 6.10 Å². The van der Waals surface area contributed by atoms with Gasteiger partial charge in [0.2, 0.25) is 0 Å². The summed E-state index contributed by atoms with van der Waals surface area (Å²) >= 11 is 0. The van der Waals surface area contributed by atoms with Crippen LogP contribution in [0.4, 0.5) is 0 Å². The van der Waals surface area contributed by atoms with E-state index in [2.05, 4.69) is 5.10 Å². The van der Waals surface area contributed by atoms with Gasteiger partial charge in [0.15, 0.2) is 0 Å². The van der Waals surface area contributed by atoms with Crippen LogP contribution in [0, 0.1) is 0 Å². The van der Waals surface area contributed by atoms with Crippen LogP contribution in [0.5, 0.6) is 0 Å². The lowest BCUT2D eigenvalue weighted by Crippen LogP contribution is -2.24. The lowest BCUT2D eigenvalue weighted by molar-refractivity contribution is 0.103. The van der Waals surface area contributed by atoms with Crippen LogP contribution in [0.2, 0.25) is 0 Å². The topological polar surface area (TPSA) is 38.0 Å². The van der Waals surface area contributed by atoms with Crippen LogP contribution >= 0.6 is 0 Å². The van der Waals surface area contributed by atoms with Gasteiger partial charge in [0, 0.05) is 24.9 Å². The Labute approximate surface area is 78.4 Å². The molecule has 1 N–H and O–H groups in total. The van der Waals surface area contributed by atoms with Crippen molar-refractivity contribution < 1.29 is 5.11 Å². The predicted molar refractivity (Wildman–Crippen MR) is 50.4 cm³/mol. The van der Waals surface area contributed by atoms with Gasteiger partial charge in [0.25, 0.3) is 0 Å². The Morgan fingerprint density at radius 3 is 2.85 bits per heavy atom. The molecule has 1 fully saturated rings. The normalized spacial score (nSPS) is 29.1. The van der Waals surface area contributed by atoms with Crippen molar-refractivity contribution in [3.63, 3.8) is 0 Å². The highest BCUT2D eigenvalue weighted by Gasteiger charge is 2.26. The number of hydrogen-bond donors (Lipinski definition) is 1. The molecule has 1 aliphatic rings. The van der Waals surface area contributed by atoms with E-state index in [-0.39, 0.29) is 6.10 Å². The molecule has 1 aromatic rings. The monoisotopic (exact) mass is 180 g/mol. The predicted octanol–water partition coefficient (Wildman–Crippen LogP) is 1.44. The summed E-state index contributed by atoms with van der Waals surface area (Å²) in [6.07, 6.45) is 6.07. The highest BCUT2D eigenvalue weighted by Crippen LogP contribution is 2.32. The Balaban J connectivity index is 2.19. The SMILES string of the molecule is Cn1nccc1[C@H]1CCCCC1O. The summed E-state index contributed by atoms with van der Waals surface area (Å²) < 4.78 is 1.87. The largest absolute Gasteiger partial charge is 0.392 e. The lowest BCUT2D eigenvalue weighted by Gasteiger charge is -2.27. The van der Waals surface area contributed by atoms with E-state index in [1.807, 2.05) is 17.8 Å². The van der Waals surface area contributed by atoms with Crippen molar-refractivity contribution in [1.29, 1.82) is 0 Å². The van der Waals surface area contributed by atoms with Crippen molar-refractivity contribution in [3.05, 3.63) is 18.0 Å². The van der Waals surface area contributed by atoms with Gasteiger partial charge < -0.3 is 5.11 Å². The molecule has 13 heavy (non-hydrogen) atoms. The lowest BCUT2D eigenvalue weighted by atomic mass is 9.84. The zero-order chi connectivity index (χ0) is 9.26. The van der Waals surface area contributed by atoms with Gasteiger partial charge in [-0.2, -0.15) is 5.10 Å². The molecule has 1 saturated carbocycles. The maximum absolute atomic E-state index is 9.82. The van der Waals surface area contributed by atoms with E-state index in [1.165, 1.54) is 12.1 Å². The van der Waals surface area contributed by atoms with E-state index >= 15 is 0 Å². The van der Waals surface area contributed by atoms with Crippen LogP contribution in [-0.4, -0.2) is 21.0 Å². The van der Waals surface area contributed by atoms with Gasteiger partial charge in [-0.25, -0.2) is 0 Å². The fourth-order valence-electron chi connectivity index (χ4n) is 2.20. The molecule has 0 aromatic carbocycles. The summed E-state index contributed by atoms with van der Waals surface area (Å²) in [6.45, 7) is 0. The van der Waals surface area contributed by atoms with Crippen molar-refractivity contribution in [3.8, 4) is 0 Å². The summed E-state index contributed by atoms with van der Waals surface area (Å²) in [4.78, 5) is 0. The molecule has 72 valence electrons. The van der Waals surface area contributed by atoms with Gasteiger partial charge in [-0.05, 0) is 18.9 Å². The second-order valence-corrected chi connectivity index (χ2v) is 3.84. The van der Waals surface area contributed by atoms with Gasteiger partial charge in [-0.1, -0.05) is 12.8 Å². The van der Waals surface area contributed by atoms with E-state index in [0.717, 1.165) is 19.3 Å². The summed E-state index contributed by atoms with van der Waals surface area (Å²) in [6, 6.07) is 2.01. The second kappa shape index (κ2) is 3.50. The van der Waals surface area contributed by atoms with Crippen LogP contribution in [0.25, 0.3) is 0 Å². The van der Waals surface area contributed by atoms with Gasteiger partial charge >= 0.3 is 0 Å². The maximum atomic E-state index is 9.82. The number of aromatic nitrogens is 2. The minimum atomic E-state index is -0.163. The van der Waals surface area contributed by atoms with E-state index in [1.54, 1.807) is 6.20 Å². The molecule has 0 aliphatic heterocycles. The Bertz CT molecular complexity index is 282. The average Bonchev–Trinajstić information content (AvgIpc) is 2.52. The smallest absolute Gasteiger partial charge is 0.0623 e. The van der Waals surface area contributed by atoms with Gasteiger partial charge in [-0.3, -0.25) is 4.68 Å². The molecular formula is C10H16N2O. The molecule has 0 amide bonds. The highest BCUT2D eigenvalue weighted by molar-refractivity contribution is 5.10. The molecule has 2 rings (SSSR count). The van der Waals surface area contributed by atoms with Crippen molar-refractivity contribution >= 4 is 0 Å². The van der Waals surface area contributed by atoms with Crippen molar-refractivity contribution in [2.24, 2.45) is 7.05 Å². The number of aliphatic hydroxyl groups excluding tert-OH is 1. The standard InChI is InChI=1S/C10H16N2O/c1-12-9(6-7-11-12)8-4-2-3-5-10(8)13/h6-8,10,13H,2-5H2,1H3/t8-,10?/m1/s1. The molecule has 0 saturated heterocycles. The summed E-state index contributed by atoms with van der Waals surface area (Å²) in [5, 5.41) is 14.0. The van der Waals surface area contributed by atoms with Crippen LogP contribution in [0.15, 0.2) is 12.3 Å². The average molecular weight is 180 g/mol. The fourth-order valence-corrected chi connectivity index (χ4v) is 2.20. The second-order valence-electron chi connectivity index (χ2n) is 3.84. The molecule has 3 heteroatoms. The first-order valence-electron chi connectivity index (χ1n) is 4.95. The van der Waals surface area contributed by atoms with Crippen LogP contribution in [-0.2, 0) is 7.05 Å². The molecule has 1 heterocycles. The number of aliphatic hydroxyl groups is 1. The van der Waals surface area contributed by atoms with Crippen molar-refractivity contribution in [2.45, 2.75) is 37.7 Å². The van der Waals surface area contributed by atoms with E-state index in [0.29, 0.717) is 5.92 Å². The Kier molecular flexibility index (Phi) is 2.36. The van der Waals surface area contributed by atoms with Crippen molar-refractivity contribution in [2.75, 3.05) is 0 Å². The van der Waals surface area contributed by atoms with Crippen LogP contribution in [0.1, 0.15) is 37.3 Å². The Morgan fingerprint density at radius 1 is 1.46 bits per heavy atom. The molecular weight excluding hydrogens is 164 g/mol. The van der Waals surface area contributed by atoms with E-state index < -0.39 is 0 Å². The molecule has 1 aromatic heterocycles. The first-order valence-corrected chi connectivity index (χ1v) is 4.95. The van der Waals surface area contributed by atoms with E-state index in [4.69, 9.17) is 0 Å². The Hall–Kier alpha value is -0.830. The molecule has 0 bridgehead atoms. The minimum Gasteiger partial charge on any atom is -0.392 e. The van der Waals surface area contributed by atoms with Crippen molar-refractivity contribution in [1.82, 2.24) is 9.78 Å². The molecule has 1 aliphatic carbocycles. The summed E-state index contributed by atoms with van der Waals surface area (Å²) in [5.74, 6) is 0.307. The number of rotatable bonds is 1. The maximum Gasteiger partial charge on any atom is 0.0623 e. The summed E-state index contributed by atoms with van der Waals surface area (Å²) in [7, 11) is 1.94. The first kappa shape index (κ1) is 8.75. The van der Waals surface area contributed by atoms with Crippen LogP contribution in [0.3, 0.4) is 0 Å². The molecule has 3 nitrogen and oxygen atoms in total. The molecule has 1 unspecified atom stereocenters. The zero-order valence-electron chi connectivity index (χ0n) is 7.98. The number of nitrogens with zero attached hydrogens (tertiary/aromatic N) is 2. The van der Waals surface area contributed by atoms with E-state index in [9.17, 15) is 5.11 Å². The zero-order valence-corrected chi connectivity index (χ0v) is 7.98. The molecule has 0 spiro atoms. The van der Waals surface area contributed by atoms with Crippen LogP contribution < -0.4 is 0 Å². The number of aryl methyl sites for hydroxylation is 1. The first-order chi connectivity index (χ1) is 6.29. The van der Waals surface area contributed by atoms with Gasteiger partial charge in [0.1, 0.15) is 0 Å². The van der Waals surface area contributed by atoms with Gasteiger partial charge in [-0.15, -0.1) is 0 Å². The molecule has 2 atom stereocenters. The summed E-state index contributed by atoms with van der Waals surface area (Å²) in [5.41, 5.74) is 1.17. The Morgan fingerprint density at radius 2 is 2.23 bits per heavy atom. The third-order valence-electron chi connectivity index (χ3n) is 2.97. The fraction of sp³-hybridized carbons (Fsp3) is 0.700. The number of hydrogen-bond acceptors (Lipinski definition) is 2.